The Morgan fingerprint density at radius 2 is 2.24 bits per heavy atom. The average molecular weight is 242 g/mol. The molecule has 0 radical (unpaired) electrons. The quantitative estimate of drug-likeness (QED) is 0.762. The molecule has 1 N–H and O–H groups in total. The van der Waals surface area contributed by atoms with Crippen LogP contribution in [0.15, 0.2) is 0 Å². The van der Waals surface area contributed by atoms with Crippen LogP contribution in [0.3, 0.4) is 0 Å². The fourth-order valence-electron chi connectivity index (χ4n) is 2.67. The first-order chi connectivity index (χ1) is 8.11. The van der Waals surface area contributed by atoms with Crippen molar-refractivity contribution in [2.24, 2.45) is 5.41 Å². The predicted octanol–water partition coefficient (Wildman–Crippen LogP) is 1.26. The highest BCUT2D eigenvalue weighted by Gasteiger charge is 2.42. The van der Waals surface area contributed by atoms with E-state index in [9.17, 15) is 4.79 Å². The first-order valence-corrected chi connectivity index (χ1v) is 6.62. The van der Waals surface area contributed by atoms with Crippen LogP contribution in [0.25, 0.3) is 0 Å². The zero-order valence-corrected chi connectivity index (χ0v) is 11.6. The number of hydrogen-bond acceptors (Lipinski definition) is 3. The topological polar surface area (TPSA) is 41.6 Å². The molecular formula is C13H26N2O2. The van der Waals surface area contributed by atoms with E-state index in [1.807, 2.05) is 11.8 Å². The van der Waals surface area contributed by atoms with Crippen LogP contribution in [-0.4, -0.2) is 50.2 Å². The molecule has 17 heavy (non-hydrogen) atoms. The number of nitrogens with one attached hydrogen (secondary N) is 1. The van der Waals surface area contributed by atoms with Crippen LogP contribution in [0.1, 0.15) is 33.6 Å². The molecule has 4 heteroatoms. The molecule has 0 bridgehead atoms. The van der Waals surface area contributed by atoms with E-state index in [-0.39, 0.29) is 17.4 Å². The minimum absolute atomic E-state index is 0.154. The van der Waals surface area contributed by atoms with Crippen molar-refractivity contribution in [2.75, 3.05) is 33.4 Å². The van der Waals surface area contributed by atoms with E-state index in [2.05, 4.69) is 19.2 Å². The smallest absolute Gasteiger partial charge is 0.230 e. The van der Waals surface area contributed by atoms with Crippen molar-refractivity contribution >= 4 is 5.91 Å². The first-order valence-electron chi connectivity index (χ1n) is 6.62. The lowest BCUT2D eigenvalue weighted by Gasteiger charge is -2.36. The summed E-state index contributed by atoms with van der Waals surface area (Å²) in [5.74, 6) is 0.289. The average Bonchev–Trinajstić information content (AvgIpc) is 2.80. The Morgan fingerprint density at radius 1 is 1.53 bits per heavy atom. The third-order valence-corrected chi connectivity index (χ3v) is 3.92. The molecule has 2 unspecified atom stereocenters. The largest absolute Gasteiger partial charge is 0.383 e. The highest BCUT2D eigenvalue weighted by molar-refractivity contribution is 5.83. The lowest BCUT2D eigenvalue weighted by Crippen LogP contribution is -2.49. The normalized spacial score (nSPS) is 25.9. The van der Waals surface area contributed by atoms with E-state index in [0.29, 0.717) is 6.61 Å². The molecule has 2 atom stereocenters. The Bertz CT molecular complexity index is 250. The van der Waals surface area contributed by atoms with Gasteiger partial charge in [-0.3, -0.25) is 4.79 Å². The van der Waals surface area contributed by atoms with Crippen molar-refractivity contribution in [2.45, 2.75) is 39.7 Å². The van der Waals surface area contributed by atoms with E-state index in [0.717, 1.165) is 32.5 Å². The van der Waals surface area contributed by atoms with Gasteiger partial charge in [0.2, 0.25) is 5.91 Å². The molecule has 1 fully saturated rings. The lowest BCUT2D eigenvalue weighted by atomic mass is 9.82. The van der Waals surface area contributed by atoms with Crippen molar-refractivity contribution in [1.29, 1.82) is 0 Å². The maximum absolute atomic E-state index is 12.7. The van der Waals surface area contributed by atoms with Crippen molar-refractivity contribution < 1.29 is 9.53 Å². The second kappa shape index (κ2) is 6.36. The van der Waals surface area contributed by atoms with Crippen molar-refractivity contribution in [3.63, 3.8) is 0 Å². The monoisotopic (exact) mass is 242 g/mol. The first kappa shape index (κ1) is 14.5. The number of carbonyl (C=O) groups is 1. The minimum atomic E-state index is -0.183. The van der Waals surface area contributed by atoms with Crippen LogP contribution in [-0.2, 0) is 9.53 Å². The maximum atomic E-state index is 12.7. The van der Waals surface area contributed by atoms with Gasteiger partial charge in [-0.1, -0.05) is 6.92 Å². The van der Waals surface area contributed by atoms with Crippen LogP contribution < -0.4 is 5.32 Å². The molecule has 1 heterocycles. The summed E-state index contributed by atoms with van der Waals surface area (Å²) in [6, 6.07) is 0.154. The number of methoxy groups -OCH3 is 1. The molecule has 1 rings (SSSR count). The molecule has 4 nitrogen and oxygen atoms in total. The summed E-state index contributed by atoms with van der Waals surface area (Å²) < 4.78 is 5.16. The molecule has 0 saturated carbocycles. The molecule has 1 saturated heterocycles. The van der Waals surface area contributed by atoms with Gasteiger partial charge in [-0.15, -0.1) is 0 Å². The van der Waals surface area contributed by atoms with Gasteiger partial charge in [-0.2, -0.15) is 0 Å². The van der Waals surface area contributed by atoms with E-state index in [4.69, 9.17) is 4.74 Å². The van der Waals surface area contributed by atoms with E-state index >= 15 is 0 Å². The Kier molecular flexibility index (Phi) is 5.40. The standard InChI is InChI=1S/C13H26N2O2/c1-5-13(7-8-14-10-13)12(16)15(6-2)11(3)9-17-4/h11,14H,5-10H2,1-4H3. The Hall–Kier alpha value is -0.610. The van der Waals surface area contributed by atoms with Gasteiger partial charge in [0.25, 0.3) is 0 Å². The predicted molar refractivity (Wildman–Crippen MR) is 68.9 cm³/mol. The van der Waals surface area contributed by atoms with Crippen LogP contribution >= 0.6 is 0 Å². The highest BCUT2D eigenvalue weighted by Crippen LogP contribution is 2.32. The van der Waals surface area contributed by atoms with Gasteiger partial charge in [-0.25, -0.2) is 0 Å². The van der Waals surface area contributed by atoms with E-state index in [1.165, 1.54) is 0 Å². The second-order valence-corrected chi connectivity index (χ2v) is 4.96. The summed E-state index contributed by atoms with van der Waals surface area (Å²) in [6.07, 6.45) is 1.87. The van der Waals surface area contributed by atoms with Crippen molar-refractivity contribution in [1.82, 2.24) is 10.2 Å². The molecule has 0 aromatic carbocycles. The van der Waals surface area contributed by atoms with Gasteiger partial charge < -0.3 is 15.0 Å². The third-order valence-electron chi connectivity index (χ3n) is 3.92. The molecule has 0 spiro atoms. The van der Waals surface area contributed by atoms with E-state index < -0.39 is 0 Å². The summed E-state index contributed by atoms with van der Waals surface area (Å²) in [5, 5.41) is 3.32. The van der Waals surface area contributed by atoms with Crippen molar-refractivity contribution in [3.8, 4) is 0 Å². The number of rotatable bonds is 6. The number of likely N-dealkylation sites (N-methyl/N-ethyl adjacent to an activating group) is 1. The molecule has 0 aliphatic carbocycles. The fraction of sp³-hybridized carbons (Fsp3) is 0.923. The second-order valence-electron chi connectivity index (χ2n) is 4.96. The van der Waals surface area contributed by atoms with Crippen LogP contribution in [0, 0.1) is 5.41 Å². The minimum Gasteiger partial charge on any atom is -0.383 e. The van der Waals surface area contributed by atoms with Gasteiger partial charge in [0, 0.05) is 20.2 Å². The fourth-order valence-corrected chi connectivity index (χ4v) is 2.67. The molecule has 0 aromatic rings. The Labute approximate surface area is 105 Å². The summed E-state index contributed by atoms with van der Waals surface area (Å²) in [6.45, 7) is 9.33. The number of ether oxygens (including phenoxy) is 1. The molecule has 1 aliphatic rings. The van der Waals surface area contributed by atoms with Gasteiger partial charge >= 0.3 is 0 Å². The summed E-state index contributed by atoms with van der Waals surface area (Å²) >= 11 is 0. The number of amides is 1. The zero-order chi connectivity index (χ0) is 12.9. The lowest BCUT2D eigenvalue weighted by molar-refractivity contribution is -0.144. The van der Waals surface area contributed by atoms with Crippen molar-refractivity contribution in [3.05, 3.63) is 0 Å². The number of nitrogens with zero attached hydrogens (tertiary/aromatic N) is 1. The SMILES string of the molecule is CCN(C(=O)C1(CC)CCNC1)C(C)COC. The summed E-state index contributed by atoms with van der Waals surface area (Å²) in [4.78, 5) is 14.6. The Balaban J connectivity index is 2.77. The molecular weight excluding hydrogens is 216 g/mol. The van der Waals surface area contributed by atoms with Crippen LogP contribution in [0.5, 0.6) is 0 Å². The summed E-state index contributed by atoms with van der Waals surface area (Å²) in [7, 11) is 1.68. The Morgan fingerprint density at radius 3 is 2.65 bits per heavy atom. The van der Waals surface area contributed by atoms with Crippen LogP contribution in [0.2, 0.25) is 0 Å². The number of carbonyl (C=O) groups excluding carboxylic acids is 1. The van der Waals surface area contributed by atoms with Gasteiger partial charge in [0.1, 0.15) is 0 Å². The highest BCUT2D eigenvalue weighted by atomic mass is 16.5. The molecule has 1 amide bonds. The molecule has 1 aliphatic heterocycles. The van der Waals surface area contributed by atoms with Gasteiger partial charge in [-0.05, 0) is 33.2 Å². The van der Waals surface area contributed by atoms with E-state index in [1.54, 1.807) is 7.11 Å². The maximum Gasteiger partial charge on any atom is 0.230 e. The zero-order valence-electron chi connectivity index (χ0n) is 11.6. The third kappa shape index (κ3) is 2.99. The summed E-state index contributed by atoms with van der Waals surface area (Å²) in [5.41, 5.74) is -0.183. The van der Waals surface area contributed by atoms with Gasteiger partial charge in [0.05, 0.1) is 18.1 Å². The molecule has 100 valence electrons. The van der Waals surface area contributed by atoms with Crippen LogP contribution in [0.4, 0.5) is 0 Å². The molecule has 0 aromatic heterocycles. The number of hydrogen-bond donors (Lipinski definition) is 1. The van der Waals surface area contributed by atoms with Gasteiger partial charge in [0.15, 0.2) is 0 Å².